The van der Waals surface area contributed by atoms with Gasteiger partial charge >= 0.3 is 6.03 Å². The first-order valence-electron chi connectivity index (χ1n) is 7.81. The molecule has 0 bridgehead atoms. The van der Waals surface area contributed by atoms with Crippen molar-refractivity contribution < 1.29 is 4.79 Å². The highest BCUT2D eigenvalue weighted by Crippen LogP contribution is 2.19. The third kappa shape index (κ3) is 5.24. The molecule has 0 saturated carbocycles. The van der Waals surface area contributed by atoms with E-state index in [2.05, 4.69) is 25.8 Å². The normalized spacial score (nSPS) is 10.6. The van der Waals surface area contributed by atoms with Crippen LogP contribution in [0.15, 0.2) is 89.2 Å². The maximum absolute atomic E-state index is 11.9. The molecule has 1 heterocycles. The molecule has 2 amide bonds. The Morgan fingerprint density at radius 1 is 0.840 bits per heavy atom. The molecular weight excluding hydrogens is 314 g/mol. The number of rotatable bonds is 5. The predicted octanol–water partition coefficient (Wildman–Crippen LogP) is 4.82. The molecule has 0 aliphatic carbocycles. The summed E-state index contributed by atoms with van der Waals surface area (Å²) in [6.07, 6.45) is 1.69. The molecule has 0 radical (unpaired) electrons. The van der Waals surface area contributed by atoms with Crippen LogP contribution in [0.3, 0.4) is 0 Å². The molecule has 0 fully saturated rings. The molecule has 0 saturated heterocycles. The number of urea groups is 1. The molecule has 124 valence electrons. The number of carbonyl (C=O) groups excluding carboxylic acids is 1. The molecule has 0 atom stereocenters. The Hall–Kier alpha value is -3.54. The summed E-state index contributed by atoms with van der Waals surface area (Å²) in [6, 6.07) is 21.9. The maximum Gasteiger partial charge on any atom is 0.319 e. The van der Waals surface area contributed by atoms with Gasteiger partial charge in [-0.3, -0.25) is 4.98 Å². The number of benzene rings is 2. The average Bonchev–Trinajstić information content (AvgIpc) is 2.67. The summed E-state index contributed by atoms with van der Waals surface area (Å²) in [5.74, 6) is 0. The van der Waals surface area contributed by atoms with Crippen LogP contribution in [0, 0.1) is 0 Å². The van der Waals surface area contributed by atoms with Gasteiger partial charge in [-0.25, -0.2) is 4.79 Å². The van der Waals surface area contributed by atoms with E-state index in [1.165, 1.54) is 0 Å². The van der Waals surface area contributed by atoms with Crippen LogP contribution in [0.25, 0.3) is 0 Å². The number of pyridine rings is 1. The number of hydrogen-bond donors (Lipinski definition) is 2. The average molecular weight is 331 g/mol. The summed E-state index contributed by atoms with van der Waals surface area (Å²) < 4.78 is 0. The summed E-state index contributed by atoms with van der Waals surface area (Å²) in [5.41, 5.74) is 2.98. The molecule has 6 nitrogen and oxygen atoms in total. The topological polar surface area (TPSA) is 78.7 Å². The van der Waals surface area contributed by atoms with Crippen LogP contribution >= 0.6 is 0 Å². The van der Waals surface area contributed by atoms with E-state index in [9.17, 15) is 4.79 Å². The number of nitrogens with zero attached hydrogens (tertiary/aromatic N) is 3. The van der Waals surface area contributed by atoms with Gasteiger partial charge in [0.05, 0.1) is 23.6 Å². The van der Waals surface area contributed by atoms with Gasteiger partial charge in [0.1, 0.15) is 0 Å². The Bertz CT molecular complexity index is 833. The number of amides is 2. The number of nitrogens with one attached hydrogen (secondary N) is 2. The fourth-order valence-corrected chi connectivity index (χ4v) is 2.07. The second-order valence-electron chi connectivity index (χ2n) is 5.21. The monoisotopic (exact) mass is 331 g/mol. The lowest BCUT2D eigenvalue weighted by atomic mass is 10.3. The zero-order valence-corrected chi connectivity index (χ0v) is 13.5. The van der Waals surface area contributed by atoms with E-state index in [1.807, 2.05) is 48.5 Å². The van der Waals surface area contributed by atoms with Crippen molar-refractivity contribution in [2.24, 2.45) is 10.2 Å². The molecule has 3 rings (SSSR count). The molecule has 0 aliphatic heterocycles. The molecule has 1 aromatic heterocycles. The van der Waals surface area contributed by atoms with Gasteiger partial charge in [0.2, 0.25) is 0 Å². The largest absolute Gasteiger partial charge is 0.332 e. The molecule has 25 heavy (non-hydrogen) atoms. The van der Waals surface area contributed by atoms with Crippen molar-refractivity contribution >= 4 is 23.1 Å². The highest BCUT2D eigenvalue weighted by molar-refractivity contribution is 5.89. The Kier molecular flexibility index (Phi) is 5.45. The van der Waals surface area contributed by atoms with Gasteiger partial charge < -0.3 is 10.6 Å². The van der Waals surface area contributed by atoms with Crippen molar-refractivity contribution in [2.45, 2.75) is 6.54 Å². The quantitative estimate of drug-likeness (QED) is 0.657. The summed E-state index contributed by atoms with van der Waals surface area (Å²) in [5, 5.41) is 13.8. The van der Waals surface area contributed by atoms with Crippen LogP contribution in [-0.4, -0.2) is 11.0 Å². The molecular formula is C19H17N5O. The molecule has 0 aliphatic rings. The van der Waals surface area contributed by atoms with E-state index in [0.717, 1.165) is 11.4 Å². The van der Waals surface area contributed by atoms with Crippen molar-refractivity contribution in [1.82, 2.24) is 10.3 Å². The SMILES string of the molecule is O=C(NCc1ccccn1)Nc1ccc(N=Nc2ccccc2)cc1. The first kappa shape index (κ1) is 16.3. The van der Waals surface area contributed by atoms with E-state index >= 15 is 0 Å². The molecule has 0 spiro atoms. The minimum atomic E-state index is -0.288. The van der Waals surface area contributed by atoms with Crippen LogP contribution in [0.4, 0.5) is 21.9 Å². The molecule has 2 N–H and O–H groups in total. The second kappa shape index (κ2) is 8.35. The van der Waals surface area contributed by atoms with Crippen LogP contribution in [-0.2, 0) is 6.54 Å². The summed E-state index contributed by atoms with van der Waals surface area (Å²) >= 11 is 0. The van der Waals surface area contributed by atoms with Crippen molar-refractivity contribution in [1.29, 1.82) is 0 Å². The summed E-state index contributed by atoms with van der Waals surface area (Å²) in [7, 11) is 0. The van der Waals surface area contributed by atoms with Gasteiger partial charge in [0, 0.05) is 11.9 Å². The van der Waals surface area contributed by atoms with Crippen LogP contribution in [0.1, 0.15) is 5.69 Å². The maximum atomic E-state index is 11.9. The molecule has 6 heteroatoms. The number of hydrogen-bond acceptors (Lipinski definition) is 4. The van der Waals surface area contributed by atoms with Crippen molar-refractivity contribution in [2.75, 3.05) is 5.32 Å². The van der Waals surface area contributed by atoms with E-state index < -0.39 is 0 Å². The number of anilines is 1. The van der Waals surface area contributed by atoms with Gasteiger partial charge in [0.25, 0.3) is 0 Å². The van der Waals surface area contributed by atoms with Crippen molar-refractivity contribution in [3.8, 4) is 0 Å². The lowest BCUT2D eigenvalue weighted by Gasteiger charge is -2.07. The van der Waals surface area contributed by atoms with Gasteiger partial charge in [0.15, 0.2) is 0 Å². The Balaban J connectivity index is 1.52. The summed E-state index contributed by atoms with van der Waals surface area (Å²) in [6.45, 7) is 0.371. The van der Waals surface area contributed by atoms with Gasteiger partial charge in [-0.05, 0) is 48.5 Å². The van der Waals surface area contributed by atoms with Gasteiger partial charge in [-0.2, -0.15) is 10.2 Å². The van der Waals surface area contributed by atoms with Gasteiger partial charge in [-0.1, -0.05) is 24.3 Å². The molecule has 0 unspecified atom stereocenters. The lowest BCUT2D eigenvalue weighted by molar-refractivity contribution is 0.251. The van der Waals surface area contributed by atoms with E-state index in [-0.39, 0.29) is 6.03 Å². The van der Waals surface area contributed by atoms with Gasteiger partial charge in [-0.15, -0.1) is 0 Å². The smallest absolute Gasteiger partial charge is 0.319 e. The Labute approximate surface area is 145 Å². The zero-order valence-electron chi connectivity index (χ0n) is 13.5. The third-order valence-corrected chi connectivity index (χ3v) is 3.32. The fraction of sp³-hybridized carbons (Fsp3) is 0.0526. The van der Waals surface area contributed by atoms with E-state index in [4.69, 9.17) is 0 Å². The van der Waals surface area contributed by atoms with Crippen molar-refractivity contribution in [3.05, 3.63) is 84.7 Å². The van der Waals surface area contributed by atoms with E-state index in [1.54, 1.807) is 30.5 Å². The fourth-order valence-electron chi connectivity index (χ4n) is 2.07. The van der Waals surface area contributed by atoms with E-state index in [0.29, 0.717) is 17.9 Å². The first-order valence-corrected chi connectivity index (χ1v) is 7.81. The Morgan fingerprint density at radius 3 is 2.20 bits per heavy atom. The molecule has 2 aromatic carbocycles. The minimum Gasteiger partial charge on any atom is -0.332 e. The molecule has 3 aromatic rings. The van der Waals surface area contributed by atoms with Crippen LogP contribution in [0.2, 0.25) is 0 Å². The first-order chi connectivity index (χ1) is 12.3. The van der Waals surface area contributed by atoms with Crippen LogP contribution < -0.4 is 10.6 Å². The minimum absolute atomic E-state index is 0.288. The highest BCUT2D eigenvalue weighted by Gasteiger charge is 2.02. The van der Waals surface area contributed by atoms with Crippen molar-refractivity contribution in [3.63, 3.8) is 0 Å². The third-order valence-electron chi connectivity index (χ3n) is 3.32. The standard InChI is InChI=1S/C19H17N5O/c25-19(21-14-18-8-4-5-13-20-18)22-15-9-11-17(12-10-15)24-23-16-6-2-1-3-7-16/h1-13H,14H2,(H2,21,22,25). The predicted molar refractivity (Wildman–Crippen MR) is 97.2 cm³/mol. The number of aromatic nitrogens is 1. The number of carbonyl (C=O) groups is 1. The summed E-state index contributed by atoms with van der Waals surface area (Å²) in [4.78, 5) is 16.0. The zero-order chi connectivity index (χ0) is 17.3. The Morgan fingerprint density at radius 2 is 1.52 bits per heavy atom. The lowest BCUT2D eigenvalue weighted by Crippen LogP contribution is -2.28. The number of azo groups is 1. The second-order valence-corrected chi connectivity index (χ2v) is 5.21. The highest BCUT2D eigenvalue weighted by atomic mass is 16.2. The van der Waals surface area contributed by atoms with Crippen LogP contribution in [0.5, 0.6) is 0 Å².